The zero-order chi connectivity index (χ0) is 10.4. The predicted molar refractivity (Wildman–Crippen MR) is 55.8 cm³/mol. The summed E-state index contributed by atoms with van der Waals surface area (Å²) in [4.78, 5) is 10.7. The van der Waals surface area contributed by atoms with Gasteiger partial charge in [0, 0.05) is 5.57 Å². The van der Waals surface area contributed by atoms with Gasteiger partial charge in [0.05, 0.1) is 12.7 Å². The zero-order valence-corrected chi connectivity index (χ0v) is 8.79. The van der Waals surface area contributed by atoms with E-state index >= 15 is 0 Å². The van der Waals surface area contributed by atoms with E-state index in [1.165, 1.54) is 19.3 Å². The van der Waals surface area contributed by atoms with Gasteiger partial charge in [-0.05, 0) is 26.2 Å². The Balaban J connectivity index is 1.92. The zero-order valence-electron chi connectivity index (χ0n) is 8.79. The number of hydrogen-bond acceptors (Lipinski definition) is 2. The SMILES string of the molecule is CC(=CCCCCCC1CO1)C(N)=O. The lowest BCUT2D eigenvalue weighted by atomic mass is 10.1. The van der Waals surface area contributed by atoms with E-state index in [1.54, 1.807) is 6.92 Å². The Kier molecular flexibility index (Phi) is 4.66. The van der Waals surface area contributed by atoms with Crippen LogP contribution in [0.1, 0.15) is 39.0 Å². The molecule has 0 aromatic heterocycles. The van der Waals surface area contributed by atoms with Gasteiger partial charge >= 0.3 is 0 Å². The molecule has 0 bridgehead atoms. The third-order valence-electron chi connectivity index (χ3n) is 2.47. The first kappa shape index (κ1) is 11.2. The highest BCUT2D eigenvalue weighted by molar-refractivity contribution is 5.91. The van der Waals surface area contributed by atoms with Gasteiger partial charge in [-0.25, -0.2) is 0 Å². The fourth-order valence-electron chi connectivity index (χ4n) is 1.35. The summed E-state index contributed by atoms with van der Waals surface area (Å²) in [5, 5.41) is 0. The number of ether oxygens (including phenoxy) is 1. The number of amides is 1. The van der Waals surface area contributed by atoms with Crippen molar-refractivity contribution in [1.29, 1.82) is 0 Å². The van der Waals surface area contributed by atoms with E-state index in [0.29, 0.717) is 11.7 Å². The normalized spacial score (nSPS) is 20.9. The highest BCUT2D eigenvalue weighted by Crippen LogP contribution is 2.17. The molecule has 1 fully saturated rings. The van der Waals surface area contributed by atoms with Gasteiger partial charge in [-0.15, -0.1) is 0 Å². The van der Waals surface area contributed by atoms with Crippen LogP contribution in [0.25, 0.3) is 0 Å². The molecule has 80 valence electrons. The van der Waals surface area contributed by atoms with Crippen molar-refractivity contribution in [3.05, 3.63) is 11.6 Å². The van der Waals surface area contributed by atoms with Crippen molar-refractivity contribution in [1.82, 2.24) is 0 Å². The molecule has 0 spiro atoms. The van der Waals surface area contributed by atoms with E-state index in [0.717, 1.165) is 19.4 Å². The number of epoxide rings is 1. The van der Waals surface area contributed by atoms with E-state index in [9.17, 15) is 4.79 Å². The summed E-state index contributed by atoms with van der Waals surface area (Å²) >= 11 is 0. The molecule has 1 unspecified atom stereocenters. The third-order valence-corrected chi connectivity index (χ3v) is 2.47. The molecule has 0 aliphatic carbocycles. The molecule has 1 aliphatic rings. The summed E-state index contributed by atoms with van der Waals surface area (Å²) in [7, 11) is 0. The molecule has 1 amide bonds. The average Bonchev–Trinajstić information content (AvgIpc) is 2.94. The van der Waals surface area contributed by atoms with Crippen molar-refractivity contribution < 1.29 is 9.53 Å². The van der Waals surface area contributed by atoms with E-state index < -0.39 is 0 Å². The Labute approximate surface area is 85.3 Å². The first-order valence-corrected chi connectivity index (χ1v) is 5.28. The first-order valence-electron chi connectivity index (χ1n) is 5.28. The highest BCUT2D eigenvalue weighted by atomic mass is 16.6. The minimum Gasteiger partial charge on any atom is -0.373 e. The second kappa shape index (κ2) is 5.81. The fourth-order valence-corrected chi connectivity index (χ4v) is 1.35. The number of nitrogens with two attached hydrogens (primary N) is 1. The van der Waals surface area contributed by atoms with Crippen molar-refractivity contribution >= 4 is 5.91 Å². The molecule has 1 heterocycles. The number of primary amides is 1. The van der Waals surface area contributed by atoms with Crippen molar-refractivity contribution in [3.8, 4) is 0 Å². The van der Waals surface area contributed by atoms with Crippen LogP contribution in [0.5, 0.6) is 0 Å². The summed E-state index contributed by atoms with van der Waals surface area (Å²) in [5.41, 5.74) is 5.78. The Hall–Kier alpha value is -0.830. The van der Waals surface area contributed by atoms with Crippen LogP contribution in [0.4, 0.5) is 0 Å². The number of carbonyl (C=O) groups is 1. The van der Waals surface area contributed by atoms with Crippen LogP contribution >= 0.6 is 0 Å². The minimum absolute atomic E-state index is 0.309. The van der Waals surface area contributed by atoms with Crippen molar-refractivity contribution in [2.24, 2.45) is 5.73 Å². The number of rotatable bonds is 7. The van der Waals surface area contributed by atoms with Crippen LogP contribution in [-0.4, -0.2) is 18.6 Å². The second-order valence-corrected chi connectivity index (χ2v) is 3.84. The lowest BCUT2D eigenvalue weighted by Gasteiger charge is -1.97. The van der Waals surface area contributed by atoms with Gasteiger partial charge in [-0.3, -0.25) is 4.79 Å². The summed E-state index contributed by atoms with van der Waals surface area (Å²) in [6.45, 7) is 2.72. The summed E-state index contributed by atoms with van der Waals surface area (Å²) in [5.74, 6) is -0.309. The van der Waals surface area contributed by atoms with E-state index in [1.807, 2.05) is 6.08 Å². The number of carbonyl (C=O) groups excluding carboxylic acids is 1. The lowest BCUT2D eigenvalue weighted by Crippen LogP contribution is -2.11. The van der Waals surface area contributed by atoms with Gasteiger partial charge in [-0.2, -0.15) is 0 Å². The van der Waals surface area contributed by atoms with Gasteiger partial charge < -0.3 is 10.5 Å². The molecule has 1 aliphatic heterocycles. The largest absolute Gasteiger partial charge is 0.373 e. The molecule has 3 nitrogen and oxygen atoms in total. The van der Waals surface area contributed by atoms with Gasteiger partial charge in [0.2, 0.25) is 5.91 Å². The van der Waals surface area contributed by atoms with Gasteiger partial charge in [0.1, 0.15) is 0 Å². The number of hydrogen-bond donors (Lipinski definition) is 1. The van der Waals surface area contributed by atoms with Crippen molar-refractivity contribution in [2.75, 3.05) is 6.61 Å². The van der Waals surface area contributed by atoms with Gasteiger partial charge in [0.25, 0.3) is 0 Å². The summed E-state index contributed by atoms with van der Waals surface area (Å²) in [6.07, 6.45) is 8.21. The predicted octanol–water partition coefficient (Wildman–Crippen LogP) is 1.77. The van der Waals surface area contributed by atoms with E-state index in [2.05, 4.69) is 0 Å². The Morgan fingerprint density at radius 2 is 2.21 bits per heavy atom. The number of allylic oxidation sites excluding steroid dienone is 1. The van der Waals surface area contributed by atoms with Crippen molar-refractivity contribution in [2.45, 2.75) is 45.1 Å². The van der Waals surface area contributed by atoms with Crippen LogP contribution in [0.15, 0.2) is 11.6 Å². The van der Waals surface area contributed by atoms with Crippen LogP contribution in [-0.2, 0) is 9.53 Å². The lowest BCUT2D eigenvalue weighted by molar-refractivity contribution is -0.114. The smallest absolute Gasteiger partial charge is 0.244 e. The van der Waals surface area contributed by atoms with Crippen LogP contribution < -0.4 is 5.73 Å². The van der Waals surface area contributed by atoms with E-state index in [-0.39, 0.29) is 5.91 Å². The monoisotopic (exact) mass is 197 g/mol. The Bertz CT molecular complexity index is 219. The highest BCUT2D eigenvalue weighted by Gasteiger charge is 2.20. The molecule has 2 N–H and O–H groups in total. The molecular weight excluding hydrogens is 178 g/mol. The molecule has 1 saturated heterocycles. The molecule has 14 heavy (non-hydrogen) atoms. The van der Waals surface area contributed by atoms with Crippen molar-refractivity contribution in [3.63, 3.8) is 0 Å². The summed E-state index contributed by atoms with van der Waals surface area (Å²) < 4.78 is 5.11. The number of unbranched alkanes of at least 4 members (excludes halogenated alkanes) is 3. The molecule has 0 aromatic carbocycles. The quantitative estimate of drug-likeness (QED) is 0.384. The minimum atomic E-state index is -0.309. The van der Waals surface area contributed by atoms with Crippen LogP contribution in [0.2, 0.25) is 0 Å². The maximum Gasteiger partial charge on any atom is 0.244 e. The standard InChI is InChI=1S/C11H19NO2/c1-9(11(12)13)6-4-2-3-5-7-10-8-14-10/h6,10H,2-5,7-8H2,1H3,(H2,12,13). The molecule has 1 rings (SSSR count). The topological polar surface area (TPSA) is 55.6 Å². The summed E-state index contributed by atoms with van der Waals surface area (Å²) in [6, 6.07) is 0. The maximum absolute atomic E-state index is 10.7. The molecule has 0 radical (unpaired) electrons. The van der Waals surface area contributed by atoms with Crippen LogP contribution in [0.3, 0.4) is 0 Å². The Morgan fingerprint density at radius 3 is 2.79 bits per heavy atom. The fraction of sp³-hybridized carbons (Fsp3) is 0.727. The maximum atomic E-state index is 10.7. The second-order valence-electron chi connectivity index (χ2n) is 3.84. The van der Waals surface area contributed by atoms with E-state index in [4.69, 9.17) is 10.5 Å². The van der Waals surface area contributed by atoms with Crippen LogP contribution in [0, 0.1) is 0 Å². The Morgan fingerprint density at radius 1 is 1.50 bits per heavy atom. The average molecular weight is 197 g/mol. The molecule has 1 atom stereocenters. The first-order chi connectivity index (χ1) is 6.70. The molecule has 3 heteroatoms. The third kappa shape index (κ3) is 5.02. The molecule has 0 saturated carbocycles. The van der Waals surface area contributed by atoms with Gasteiger partial charge in [-0.1, -0.05) is 18.9 Å². The molecule has 0 aromatic rings. The van der Waals surface area contributed by atoms with Gasteiger partial charge in [0.15, 0.2) is 0 Å². The molecular formula is C11H19NO2.